The molecule has 1 aliphatic rings. The zero-order valence-corrected chi connectivity index (χ0v) is 12.5. The Bertz CT molecular complexity index is 538. The topological polar surface area (TPSA) is 66.8 Å². The summed E-state index contributed by atoms with van der Waals surface area (Å²) in [4.78, 5) is 0.220. The summed E-state index contributed by atoms with van der Waals surface area (Å²) in [6.07, 6.45) is 3.81. The Labute approximate surface area is 120 Å². The van der Waals surface area contributed by atoms with Crippen molar-refractivity contribution in [2.24, 2.45) is 0 Å². The first-order valence-electron chi connectivity index (χ1n) is 6.86. The maximum atomic E-state index is 12.7. The molecule has 0 bridgehead atoms. The van der Waals surface area contributed by atoms with Gasteiger partial charge in [0.15, 0.2) is 0 Å². The molecular weight excluding hydrogens is 278 g/mol. The van der Waals surface area contributed by atoms with Crippen LogP contribution in [0.5, 0.6) is 5.75 Å². The molecule has 0 aliphatic heterocycles. The molecule has 1 aromatic carbocycles. The Hall–Kier alpha value is -1.11. The maximum Gasteiger partial charge on any atom is 0.243 e. The highest BCUT2D eigenvalue weighted by molar-refractivity contribution is 7.89. The predicted molar refractivity (Wildman–Crippen MR) is 76.2 cm³/mol. The third-order valence-corrected chi connectivity index (χ3v) is 5.65. The predicted octanol–water partition coefficient (Wildman–Crippen LogP) is 1.62. The third-order valence-electron chi connectivity index (χ3n) is 3.70. The Kier molecular flexibility index (Phi) is 5.01. The van der Waals surface area contributed by atoms with E-state index in [0.29, 0.717) is 5.75 Å². The second kappa shape index (κ2) is 6.56. The number of rotatable bonds is 6. The first kappa shape index (κ1) is 15.3. The van der Waals surface area contributed by atoms with E-state index in [9.17, 15) is 13.5 Å². The highest BCUT2D eigenvalue weighted by Crippen LogP contribution is 2.29. The number of benzene rings is 1. The van der Waals surface area contributed by atoms with E-state index in [1.54, 1.807) is 18.2 Å². The standard InChI is InChI=1S/C14H21NO4S/c1-19-13-7-4-8-14(11-13)20(17,18)15(9-10-16)12-5-2-3-6-12/h4,7-8,11-12,16H,2-3,5-6,9-10H2,1H3. The molecule has 5 nitrogen and oxygen atoms in total. The van der Waals surface area contributed by atoms with Crippen LogP contribution < -0.4 is 4.74 Å². The van der Waals surface area contributed by atoms with Gasteiger partial charge in [-0.2, -0.15) is 4.31 Å². The highest BCUT2D eigenvalue weighted by Gasteiger charge is 2.32. The first-order chi connectivity index (χ1) is 9.59. The monoisotopic (exact) mass is 299 g/mol. The largest absolute Gasteiger partial charge is 0.497 e. The van der Waals surface area contributed by atoms with Gasteiger partial charge >= 0.3 is 0 Å². The van der Waals surface area contributed by atoms with Crippen molar-refractivity contribution in [1.82, 2.24) is 4.31 Å². The van der Waals surface area contributed by atoms with Gasteiger partial charge in [-0.25, -0.2) is 8.42 Å². The number of sulfonamides is 1. The Morgan fingerprint density at radius 3 is 2.65 bits per heavy atom. The van der Waals surface area contributed by atoms with E-state index < -0.39 is 10.0 Å². The molecule has 2 rings (SSSR count). The van der Waals surface area contributed by atoms with Crippen molar-refractivity contribution in [3.63, 3.8) is 0 Å². The second-order valence-corrected chi connectivity index (χ2v) is 6.85. The van der Waals surface area contributed by atoms with Crippen LogP contribution in [0.2, 0.25) is 0 Å². The third kappa shape index (κ3) is 3.13. The molecule has 0 unspecified atom stereocenters. The van der Waals surface area contributed by atoms with E-state index in [1.807, 2.05) is 0 Å². The van der Waals surface area contributed by atoms with Crippen molar-refractivity contribution in [3.8, 4) is 5.75 Å². The van der Waals surface area contributed by atoms with Crippen molar-refractivity contribution in [3.05, 3.63) is 24.3 Å². The minimum absolute atomic E-state index is 0.00153. The van der Waals surface area contributed by atoms with Crippen LogP contribution in [0, 0.1) is 0 Å². The van der Waals surface area contributed by atoms with Gasteiger partial charge in [-0.3, -0.25) is 0 Å². The molecule has 6 heteroatoms. The van der Waals surface area contributed by atoms with Gasteiger partial charge in [-0.05, 0) is 25.0 Å². The first-order valence-corrected chi connectivity index (χ1v) is 8.30. The molecule has 1 aromatic rings. The lowest BCUT2D eigenvalue weighted by atomic mass is 10.2. The van der Waals surface area contributed by atoms with Crippen molar-refractivity contribution in [2.75, 3.05) is 20.3 Å². The van der Waals surface area contributed by atoms with Gasteiger partial charge in [0.25, 0.3) is 0 Å². The number of hydrogen-bond donors (Lipinski definition) is 1. The fourth-order valence-electron chi connectivity index (χ4n) is 2.69. The molecule has 0 atom stereocenters. The average Bonchev–Trinajstić information content (AvgIpc) is 2.98. The molecule has 0 radical (unpaired) electrons. The molecule has 0 aromatic heterocycles. The molecule has 112 valence electrons. The summed E-state index contributed by atoms with van der Waals surface area (Å²) in [6.45, 7) is -0.0239. The molecule has 1 aliphatic carbocycles. The zero-order chi connectivity index (χ0) is 14.6. The van der Waals surface area contributed by atoms with E-state index in [1.165, 1.54) is 17.5 Å². The quantitative estimate of drug-likeness (QED) is 0.867. The number of aliphatic hydroxyl groups excluding tert-OH is 1. The zero-order valence-electron chi connectivity index (χ0n) is 11.7. The highest BCUT2D eigenvalue weighted by atomic mass is 32.2. The summed E-state index contributed by atoms with van der Waals surface area (Å²) in [7, 11) is -2.08. The van der Waals surface area contributed by atoms with E-state index in [-0.39, 0.29) is 24.1 Å². The van der Waals surface area contributed by atoms with Gasteiger partial charge in [0, 0.05) is 18.7 Å². The van der Waals surface area contributed by atoms with Crippen molar-refractivity contribution >= 4 is 10.0 Å². The van der Waals surface area contributed by atoms with Gasteiger partial charge < -0.3 is 9.84 Å². The van der Waals surface area contributed by atoms with Crippen LogP contribution in [0.4, 0.5) is 0 Å². The smallest absolute Gasteiger partial charge is 0.243 e. The summed E-state index contributed by atoms with van der Waals surface area (Å²) >= 11 is 0. The lowest BCUT2D eigenvalue weighted by Gasteiger charge is -2.27. The maximum absolute atomic E-state index is 12.7. The lowest BCUT2D eigenvalue weighted by Crippen LogP contribution is -2.40. The summed E-state index contributed by atoms with van der Waals surface area (Å²) in [5, 5.41) is 9.18. The molecule has 0 spiro atoms. The van der Waals surface area contributed by atoms with E-state index in [0.717, 1.165) is 25.7 Å². The Balaban J connectivity index is 2.33. The molecule has 1 N–H and O–H groups in total. The number of hydrogen-bond acceptors (Lipinski definition) is 4. The molecule has 0 amide bonds. The lowest BCUT2D eigenvalue weighted by molar-refractivity contribution is 0.226. The van der Waals surface area contributed by atoms with E-state index in [2.05, 4.69) is 0 Å². The molecule has 20 heavy (non-hydrogen) atoms. The summed E-state index contributed by atoms with van der Waals surface area (Å²) < 4.78 is 32.0. The van der Waals surface area contributed by atoms with Gasteiger partial charge in [-0.15, -0.1) is 0 Å². The minimum atomic E-state index is -3.59. The molecule has 0 heterocycles. The Morgan fingerprint density at radius 2 is 2.05 bits per heavy atom. The summed E-state index contributed by atoms with van der Waals surface area (Å²) in [6, 6.07) is 6.47. The molecular formula is C14H21NO4S. The average molecular weight is 299 g/mol. The van der Waals surface area contributed by atoms with Gasteiger partial charge in [-0.1, -0.05) is 18.9 Å². The van der Waals surface area contributed by atoms with Gasteiger partial charge in [0.05, 0.1) is 18.6 Å². The summed E-state index contributed by atoms with van der Waals surface area (Å²) in [5.41, 5.74) is 0. The number of aliphatic hydroxyl groups is 1. The Morgan fingerprint density at radius 1 is 1.35 bits per heavy atom. The van der Waals surface area contributed by atoms with Crippen LogP contribution in [0.15, 0.2) is 29.2 Å². The normalized spacial score (nSPS) is 16.8. The number of ether oxygens (including phenoxy) is 1. The number of nitrogens with zero attached hydrogens (tertiary/aromatic N) is 1. The fraction of sp³-hybridized carbons (Fsp3) is 0.571. The van der Waals surface area contributed by atoms with Crippen LogP contribution in [-0.4, -0.2) is 44.1 Å². The van der Waals surface area contributed by atoms with Crippen LogP contribution in [0.25, 0.3) is 0 Å². The van der Waals surface area contributed by atoms with Crippen molar-refractivity contribution in [1.29, 1.82) is 0 Å². The summed E-state index contributed by atoms with van der Waals surface area (Å²) in [5.74, 6) is 0.515. The fourth-order valence-corrected chi connectivity index (χ4v) is 4.40. The second-order valence-electron chi connectivity index (χ2n) is 4.96. The van der Waals surface area contributed by atoms with Crippen LogP contribution in [0.3, 0.4) is 0 Å². The SMILES string of the molecule is COc1cccc(S(=O)(=O)N(CCO)C2CCCC2)c1. The van der Waals surface area contributed by atoms with E-state index in [4.69, 9.17) is 4.74 Å². The van der Waals surface area contributed by atoms with Crippen LogP contribution in [-0.2, 0) is 10.0 Å². The molecule has 0 saturated heterocycles. The van der Waals surface area contributed by atoms with Crippen molar-refractivity contribution in [2.45, 2.75) is 36.6 Å². The van der Waals surface area contributed by atoms with Crippen molar-refractivity contribution < 1.29 is 18.3 Å². The molecule has 1 fully saturated rings. The van der Waals surface area contributed by atoms with Crippen LogP contribution >= 0.6 is 0 Å². The van der Waals surface area contributed by atoms with Crippen LogP contribution in [0.1, 0.15) is 25.7 Å². The molecule has 1 saturated carbocycles. The van der Waals surface area contributed by atoms with E-state index >= 15 is 0 Å². The van der Waals surface area contributed by atoms with Gasteiger partial charge in [0.2, 0.25) is 10.0 Å². The minimum Gasteiger partial charge on any atom is -0.497 e. The number of methoxy groups -OCH3 is 1. The van der Waals surface area contributed by atoms with Gasteiger partial charge in [0.1, 0.15) is 5.75 Å².